The van der Waals surface area contributed by atoms with Gasteiger partial charge in [-0.3, -0.25) is 0 Å². The Kier molecular flexibility index (Phi) is 0.797. The summed E-state index contributed by atoms with van der Waals surface area (Å²) in [5, 5.41) is 0. The van der Waals surface area contributed by atoms with Crippen LogP contribution in [-0.2, 0) is 11.8 Å². The van der Waals surface area contributed by atoms with Gasteiger partial charge in [-0.2, -0.15) is 0 Å². The van der Waals surface area contributed by atoms with Gasteiger partial charge in [0.1, 0.15) is 0 Å². The summed E-state index contributed by atoms with van der Waals surface area (Å²) in [6.45, 7) is 2.36. The first-order chi connectivity index (χ1) is 6.37. The lowest BCUT2D eigenvalue weighted by molar-refractivity contribution is 0.731. The summed E-state index contributed by atoms with van der Waals surface area (Å²) in [4.78, 5) is 0. The van der Waals surface area contributed by atoms with Crippen LogP contribution in [0, 0.1) is 11.8 Å². The maximum atomic E-state index is 2.43. The molecule has 1 radical (unpaired) electrons. The molecular weight excluding hydrogens is 156 g/mol. The zero-order valence-electron chi connectivity index (χ0n) is 7.67. The molecule has 4 rings (SSSR count). The molecule has 0 nitrogen and oxygen atoms in total. The maximum absolute atomic E-state index is 2.43. The van der Waals surface area contributed by atoms with Crippen LogP contribution in [0.15, 0.2) is 35.9 Å². The second kappa shape index (κ2) is 1.61. The summed E-state index contributed by atoms with van der Waals surface area (Å²) >= 11 is 0. The van der Waals surface area contributed by atoms with E-state index in [-0.39, 0.29) is 0 Å². The van der Waals surface area contributed by atoms with Crippen LogP contribution in [0.25, 0.3) is 0 Å². The highest BCUT2D eigenvalue weighted by molar-refractivity contribution is 5.85. The average molecular weight is 167 g/mol. The van der Waals surface area contributed by atoms with Gasteiger partial charge in [-0.15, -0.1) is 0 Å². The predicted octanol–water partition coefficient (Wildman–Crippen LogP) is 2.64. The normalized spacial score (nSPS) is 38.5. The molecule has 0 saturated heterocycles. The Balaban J connectivity index is 2.00. The fourth-order valence-electron chi connectivity index (χ4n) is 3.30. The minimum Gasteiger partial charge on any atom is -0.0793 e. The van der Waals surface area contributed by atoms with Crippen molar-refractivity contribution < 1.29 is 0 Å². The molecule has 0 heterocycles. The Morgan fingerprint density at radius 2 is 2.15 bits per heavy atom. The van der Waals surface area contributed by atoms with Crippen LogP contribution in [0.4, 0.5) is 0 Å². The molecule has 1 aromatic rings. The van der Waals surface area contributed by atoms with E-state index in [9.17, 15) is 0 Å². The van der Waals surface area contributed by atoms with E-state index in [2.05, 4.69) is 37.3 Å². The van der Waals surface area contributed by atoms with Crippen molar-refractivity contribution in [2.24, 2.45) is 5.92 Å². The lowest BCUT2D eigenvalue weighted by Gasteiger charge is -2.18. The van der Waals surface area contributed by atoms with Gasteiger partial charge >= 0.3 is 0 Å². The fraction of sp³-hybridized carbons (Fsp3) is 0.308. The van der Waals surface area contributed by atoms with Gasteiger partial charge in [0.25, 0.3) is 0 Å². The molecule has 63 valence electrons. The summed E-state index contributed by atoms with van der Waals surface area (Å²) in [6, 6.07) is 8.93. The topological polar surface area (TPSA) is 0 Å². The Morgan fingerprint density at radius 3 is 3.00 bits per heavy atom. The van der Waals surface area contributed by atoms with Crippen LogP contribution in [0.2, 0.25) is 0 Å². The molecule has 0 aromatic heterocycles. The van der Waals surface area contributed by atoms with Crippen molar-refractivity contribution in [2.75, 3.05) is 0 Å². The highest BCUT2D eigenvalue weighted by atomic mass is 14.8. The zero-order chi connectivity index (χ0) is 8.63. The van der Waals surface area contributed by atoms with E-state index in [0.29, 0.717) is 5.41 Å². The van der Waals surface area contributed by atoms with Crippen molar-refractivity contribution >= 4 is 0 Å². The van der Waals surface area contributed by atoms with Crippen molar-refractivity contribution in [2.45, 2.75) is 18.8 Å². The molecule has 0 aliphatic heterocycles. The Bertz CT molecular complexity index is 441. The van der Waals surface area contributed by atoms with Crippen LogP contribution < -0.4 is 0 Å². The summed E-state index contributed by atoms with van der Waals surface area (Å²) in [5.41, 5.74) is 5.30. The van der Waals surface area contributed by atoms with Crippen LogP contribution in [0.5, 0.6) is 0 Å². The molecule has 2 unspecified atom stereocenters. The third-order valence-corrected chi connectivity index (χ3v) is 4.04. The van der Waals surface area contributed by atoms with Gasteiger partial charge in [0.15, 0.2) is 0 Å². The summed E-state index contributed by atoms with van der Waals surface area (Å²) in [7, 11) is 0. The molecular formula is C13H11. The van der Waals surface area contributed by atoms with Gasteiger partial charge in [0.2, 0.25) is 0 Å². The molecule has 2 fully saturated rings. The van der Waals surface area contributed by atoms with E-state index in [4.69, 9.17) is 0 Å². The molecule has 2 atom stereocenters. The number of allylic oxidation sites excluding steroid dienone is 2. The van der Waals surface area contributed by atoms with E-state index >= 15 is 0 Å². The molecule has 3 aliphatic carbocycles. The lowest BCUT2D eigenvalue weighted by Crippen LogP contribution is -2.10. The second-order valence-electron chi connectivity index (χ2n) is 4.42. The molecule has 13 heavy (non-hydrogen) atoms. The standard InChI is InChI=1S/C13H11/c1-8-12-11-7-6-9-4-2-3-5-10(9)13(8,11)12/h2-5,7-8H,6H2,1H3. The van der Waals surface area contributed by atoms with Crippen LogP contribution in [0.3, 0.4) is 0 Å². The number of fused-ring (bicyclic) bond motifs is 2. The van der Waals surface area contributed by atoms with Gasteiger partial charge in [-0.25, -0.2) is 0 Å². The first-order valence-corrected chi connectivity index (χ1v) is 5.03. The summed E-state index contributed by atoms with van der Waals surface area (Å²) in [6.07, 6.45) is 3.58. The molecule has 0 bridgehead atoms. The van der Waals surface area contributed by atoms with E-state index in [1.807, 2.05) is 0 Å². The van der Waals surface area contributed by atoms with Gasteiger partial charge in [0.05, 0.1) is 0 Å². The van der Waals surface area contributed by atoms with E-state index < -0.39 is 0 Å². The third-order valence-electron chi connectivity index (χ3n) is 4.04. The first kappa shape index (κ1) is 6.42. The van der Waals surface area contributed by atoms with Crippen molar-refractivity contribution in [3.63, 3.8) is 0 Å². The van der Waals surface area contributed by atoms with Crippen LogP contribution in [-0.4, -0.2) is 0 Å². The molecule has 2 saturated carbocycles. The number of hydrogen-bond donors (Lipinski definition) is 0. The molecule has 0 heteroatoms. The molecule has 1 aromatic carbocycles. The Morgan fingerprint density at radius 1 is 1.31 bits per heavy atom. The van der Waals surface area contributed by atoms with Crippen molar-refractivity contribution in [1.29, 1.82) is 0 Å². The van der Waals surface area contributed by atoms with Gasteiger partial charge in [-0.1, -0.05) is 42.8 Å². The van der Waals surface area contributed by atoms with Crippen molar-refractivity contribution in [3.8, 4) is 0 Å². The fourth-order valence-corrected chi connectivity index (χ4v) is 3.30. The quantitative estimate of drug-likeness (QED) is 0.557. The minimum absolute atomic E-state index is 0.481. The third kappa shape index (κ3) is 0.477. The smallest absolute Gasteiger partial charge is 0.0311 e. The highest BCUT2D eigenvalue weighted by Crippen LogP contribution is 2.86. The molecule has 0 amide bonds. The van der Waals surface area contributed by atoms with E-state index in [1.165, 1.54) is 0 Å². The Hall–Kier alpha value is -1.04. The van der Waals surface area contributed by atoms with Gasteiger partial charge < -0.3 is 0 Å². The second-order valence-corrected chi connectivity index (χ2v) is 4.42. The average Bonchev–Trinajstić information content (AvgIpc) is 3.02. The lowest BCUT2D eigenvalue weighted by atomic mass is 9.85. The number of hydrogen-bond acceptors (Lipinski definition) is 0. The largest absolute Gasteiger partial charge is 0.0793 e. The van der Waals surface area contributed by atoms with Crippen LogP contribution in [0.1, 0.15) is 18.1 Å². The predicted molar refractivity (Wildman–Crippen MR) is 52.3 cm³/mol. The zero-order valence-corrected chi connectivity index (χ0v) is 7.67. The molecule has 0 N–H and O–H groups in total. The van der Waals surface area contributed by atoms with Crippen LogP contribution >= 0.6 is 0 Å². The summed E-state index contributed by atoms with van der Waals surface area (Å²) < 4.78 is 0. The van der Waals surface area contributed by atoms with Gasteiger partial charge in [0, 0.05) is 11.3 Å². The van der Waals surface area contributed by atoms with Crippen molar-refractivity contribution in [1.82, 2.24) is 0 Å². The molecule has 1 spiro atoms. The van der Waals surface area contributed by atoms with E-state index in [0.717, 1.165) is 12.3 Å². The van der Waals surface area contributed by atoms with E-state index in [1.54, 1.807) is 22.6 Å². The summed E-state index contributed by atoms with van der Waals surface area (Å²) in [5.74, 6) is 2.58. The molecule has 3 aliphatic rings. The van der Waals surface area contributed by atoms with Gasteiger partial charge in [-0.05, 0) is 23.5 Å². The maximum Gasteiger partial charge on any atom is 0.0311 e. The Labute approximate surface area is 78.3 Å². The van der Waals surface area contributed by atoms with Crippen molar-refractivity contribution in [3.05, 3.63) is 53.0 Å². The minimum atomic E-state index is 0.481. The SMILES string of the molecule is CC1[C]2C3=CCc4ccccc4C231. The number of rotatable bonds is 0. The number of benzene rings is 1. The first-order valence-electron chi connectivity index (χ1n) is 5.03. The monoisotopic (exact) mass is 167 g/mol. The highest BCUT2D eigenvalue weighted by Gasteiger charge is 2.82.